The number of β-amino-alcohol motifs (C(OH)–C–C–N with tert-alkyl or cyclic N) is 1. The van der Waals surface area contributed by atoms with Crippen molar-refractivity contribution in [3.05, 3.63) is 42.2 Å². The van der Waals surface area contributed by atoms with Crippen LogP contribution in [0.5, 0.6) is 0 Å². The number of piperidine rings is 1. The van der Waals surface area contributed by atoms with Crippen LogP contribution in [0.1, 0.15) is 36.2 Å². The molecule has 0 bridgehead atoms. The minimum absolute atomic E-state index is 0.233. The van der Waals surface area contributed by atoms with Crippen molar-refractivity contribution >= 4 is 34.0 Å². The van der Waals surface area contributed by atoms with E-state index in [4.69, 9.17) is 0 Å². The summed E-state index contributed by atoms with van der Waals surface area (Å²) in [7, 11) is 1.91. The number of hydrogen-bond acceptors (Lipinski definition) is 6. The number of nitrogens with zero attached hydrogens (tertiary/aromatic N) is 5. The van der Waals surface area contributed by atoms with Gasteiger partial charge in [-0.3, -0.25) is 9.48 Å². The van der Waals surface area contributed by atoms with E-state index in [-0.39, 0.29) is 12.0 Å². The average Bonchev–Trinajstić information content (AvgIpc) is 3.38. The number of amides is 1. The number of aromatic nitrogens is 3. The predicted octanol–water partition coefficient (Wildman–Crippen LogP) is 2.78. The Morgan fingerprint density at radius 2 is 1.97 bits per heavy atom. The molecular formula is C23H28N6O2. The molecule has 1 amide bonds. The van der Waals surface area contributed by atoms with Crippen molar-refractivity contribution in [2.75, 3.05) is 41.3 Å². The summed E-state index contributed by atoms with van der Waals surface area (Å²) in [5, 5.41) is 18.5. The summed E-state index contributed by atoms with van der Waals surface area (Å²) in [6.07, 6.45) is 5.90. The largest absolute Gasteiger partial charge is 0.391 e. The van der Waals surface area contributed by atoms with Crippen molar-refractivity contribution < 1.29 is 9.90 Å². The highest BCUT2D eigenvalue weighted by atomic mass is 16.3. The molecular weight excluding hydrogens is 392 g/mol. The van der Waals surface area contributed by atoms with Crippen LogP contribution < -0.4 is 15.1 Å². The molecule has 2 saturated heterocycles. The van der Waals surface area contributed by atoms with E-state index in [0.29, 0.717) is 12.2 Å². The summed E-state index contributed by atoms with van der Waals surface area (Å²) >= 11 is 0. The molecule has 0 radical (unpaired) electrons. The molecule has 2 fully saturated rings. The van der Waals surface area contributed by atoms with Gasteiger partial charge in [-0.05, 0) is 49.9 Å². The van der Waals surface area contributed by atoms with Gasteiger partial charge >= 0.3 is 0 Å². The molecule has 1 aromatic carbocycles. The number of nitrogens with one attached hydrogen (secondary N) is 1. The third kappa shape index (κ3) is 4.07. The van der Waals surface area contributed by atoms with Crippen molar-refractivity contribution in [1.82, 2.24) is 14.8 Å². The van der Waals surface area contributed by atoms with Crippen molar-refractivity contribution in [2.24, 2.45) is 7.05 Å². The Hall–Kier alpha value is -3.13. The molecule has 2 aliphatic rings. The number of anilines is 3. The maximum atomic E-state index is 13.1. The van der Waals surface area contributed by atoms with Crippen LogP contribution in [0.4, 0.5) is 17.2 Å². The zero-order valence-corrected chi connectivity index (χ0v) is 17.8. The number of fused-ring (bicyclic) bond motifs is 1. The second kappa shape index (κ2) is 8.19. The van der Waals surface area contributed by atoms with Gasteiger partial charge in [0.2, 0.25) is 0 Å². The Kier molecular flexibility index (Phi) is 5.23. The minimum Gasteiger partial charge on any atom is -0.391 e. The second-order valence-corrected chi connectivity index (χ2v) is 8.50. The van der Waals surface area contributed by atoms with E-state index in [1.165, 1.54) is 6.42 Å². The van der Waals surface area contributed by atoms with Crippen LogP contribution in [0.25, 0.3) is 10.9 Å². The lowest BCUT2D eigenvalue weighted by Gasteiger charge is -2.30. The Labute approximate surface area is 181 Å². The minimum atomic E-state index is -0.336. The quantitative estimate of drug-likeness (QED) is 0.675. The van der Waals surface area contributed by atoms with Gasteiger partial charge in [0.05, 0.1) is 23.0 Å². The first kappa shape index (κ1) is 19.8. The molecule has 0 aliphatic carbocycles. The molecule has 2 aliphatic heterocycles. The molecule has 1 atom stereocenters. The van der Waals surface area contributed by atoms with Gasteiger partial charge in [0, 0.05) is 44.8 Å². The average molecular weight is 421 g/mol. The van der Waals surface area contributed by atoms with E-state index in [9.17, 15) is 9.90 Å². The van der Waals surface area contributed by atoms with Gasteiger partial charge in [-0.25, -0.2) is 4.98 Å². The summed E-state index contributed by atoms with van der Waals surface area (Å²) in [4.78, 5) is 22.1. The number of carbonyl (C=O) groups is 1. The molecule has 2 N–H and O–H groups in total. The van der Waals surface area contributed by atoms with Crippen molar-refractivity contribution in [3.8, 4) is 0 Å². The summed E-state index contributed by atoms with van der Waals surface area (Å²) in [6.45, 7) is 3.25. The Balaban J connectivity index is 1.44. The van der Waals surface area contributed by atoms with Crippen LogP contribution in [0.2, 0.25) is 0 Å². The molecule has 5 rings (SSSR count). The van der Waals surface area contributed by atoms with Gasteiger partial charge < -0.3 is 20.2 Å². The molecule has 0 unspecified atom stereocenters. The number of pyridine rings is 1. The third-order valence-electron chi connectivity index (χ3n) is 6.14. The smallest absolute Gasteiger partial charge is 0.274 e. The van der Waals surface area contributed by atoms with Crippen molar-refractivity contribution in [1.29, 1.82) is 0 Å². The first-order valence-corrected chi connectivity index (χ1v) is 11.0. The number of rotatable bonds is 4. The fourth-order valence-corrected chi connectivity index (χ4v) is 4.54. The molecule has 31 heavy (non-hydrogen) atoms. The van der Waals surface area contributed by atoms with Gasteiger partial charge in [-0.15, -0.1) is 0 Å². The molecule has 162 valence electrons. The highest BCUT2D eigenvalue weighted by molar-refractivity contribution is 6.06. The maximum Gasteiger partial charge on any atom is 0.274 e. The van der Waals surface area contributed by atoms with Crippen molar-refractivity contribution in [2.45, 2.75) is 31.8 Å². The second-order valence-electron chi connectivity index (χ2n) is 8.50. The number of aryl methyl sites for hydroxylation is 1. The van der Waals surface area contributed by atoms with Crippen LogP contribution in [-0.4, -0.2) is 58.1 Å². The Morgan fingerprint density at radius 3 is 2.74 bits per heavy atom. The van der Waals surface area contributed by atoms with Gasteiger partial charge in [-0.2, -0.15) is 5.10 Å². The highest BCUT2D eigenvalue weighted by Gasteiger charge is 2.23. The van der Waals surface area contributed by atoms with Crippen LogP contribution in [0.3, 0.4) is 0 Å². The molecule has 3 aromatic rings. The monoisotopic (exact) mass is 420 g/mol. The molecule has 0 saturated carbocycles. The summed E-state index contributed by atoms with van der Waals surface area (Å²) in [6, 6.07) is 9.54. The van der Waals surface area contributed by atoms with E-state index in [0.717, 1.165) is 67.0 Å². The zero-order valence-electron chi connectivity index (χ0n) is 17.8. The van der Waals surface area contributed by atoms with Crippen molar-refractivity contribution in [3.63, 3.8) is 0 Å². The topological polar surface area (TPSA) is 86.5 Å². The van der Waals surface area contributed by atoms with Crippen LogP contribution >= 0.6 is 0 Å². The Morgan fingerprint density at radius 1 is 1.13 bits per heavy atom. The fourth-order valence-electron chi connectivity index (χ4n) is 4.54. The van der Waals surface area contributed by atoms with Crippen LogP contribution in [-0.2, 0) is 7.05 Å². The predicted molar refractivity (Wildman–Crippen MR) is 122 cm³/mol. The molecule has 4 heterocycles. The lowest BCUT2D eigenvalue weighted by molar-refractivity contribution is 0.102. The number of carbonyl (C=O) groups excluding carboxylic acids is 1. The van der Waals surface area contributed by atoms with E-state index < -0.39 is 0 Å². The molecule has 0 spiro atoms. The SMILES string of the molecule is Cn1cc2cc(NC(=O)c3cccc(N4CC[C@H](O)C4)n3)c(N3CCCCC3)cc2n1. The Bertz CT molecular complexity index is 1100. The van der Waals surface area contributed by atoms with E-state index >= 15 is 0 Å². The van der Waals surface area contributed by atoms with E-state index in [1.807, 2.05) is 36.3 Å². The first-order valence-electron chi connectivity index (χ1n) is 11.0. The van der Waals surface area contributed by atoms with E-state index in [1.54, 1.807) is 10.7 Å². The zero-order chi connectivity index (χ0) is 21.4. The third-order valence-corrected chi connectivity index (χ3v) is 6.14. The van der Waals surface area contributed by atoms with Gasteiger partial charge in [-0.1, -0.05) is 6.07 Å². The van der Waals surface area contributed by atoms with Gasteiger partial charge in [0.15, 0.2) is 0 Å². The van der Waals surface area contributed by atoms with Crippen LogP contribution in [0.15, 0.2) is 36.5 Å². The van der Waals surface area contributed by atoms with Crippen LogP contribution in [0, 0.1) is 0 Å². The molecule has 2 aromatic heterocycles. The fraction of sp³-hybridized carbons (Fsp3) is 0.435. The number of aliphatic hydroxyl groups excluding tert-OH is 1. The van der Waals surface area contributed by atoms with E-state index in [2.05, 4.69) is 26.4 Å². The maximum absolute atomic E-state index is 13.1. The number of benzene rings is 1. The highest BCUT2D eigenvalue weighted by Crippen LogP contribution is 2.33. The number of aliphatic hydroxyl groups is 1. The van der Waals surface area contributed by atoms with Gasteiger partial charge in [0.1, 0.15) is 11.5 Å². The molecule has 8 heteroatoms. The first-order chi connectivity index (χ1) is 15.1. The number of hydrogen-bond donors (Lipinski definition) is 2. The lowest BCUT2D eigenvalue weighted by Crippen LogP contribution is -2.30. The summed E-state index contributed by atoms with van der Waals surface area (Å²) < 4.78 is 1.80. The lowest BCUT2D eigenvalue weighted by atomic mass is 10.1. The standard InChI is InChI=1S/C23H28N6O2/c1-27-14-16-12-20(21(13-19(16)26-27)28-9-3-2-4-10-28)25-23(31)18-6-5-7-22(24-18)29-11-8-17(30)15-29/h5-7,12-14,17,30H,2-4,8-11,15H2,1H3,(H,25,31)/t17-/m0/s1. The summed E-state index contributed by atoms with van der Waals surface area (Å²) in [5.41, 5.74) is 3.10. The molecule has 8 nitrogen and oxygen atoms in total. The normalized spacial score (nSPS) is 19.2. The summed E-state index contributed by atoms with van der Waals surface area (Å²) in [5.74, 6) is 0.492. The van der Waals surface area contributed by atoms with Gasteiger partial charge in [0.25, 0.3) is 5.91 Å².